The number of guanidine groups is 1. The number of hydrogen-bond acceptors (Lipinski definition) is 3. The molecule has 0 radical (unpaired) electrons. The molecule has 0 aromatic heterocycles. The van der Waals surface area contributed by atoms with Gasteiger partial charge in [-0.1, -0.05) is 38.3 Å². The van der Waals surface area contributed by atoms with Gasteiger partial charge in [0.2, 0.25) is 0 Å². The highest BCUT2D eigenvalue weighted by Crippen LogP contribution is 2.21. The van der Waals surface area contributed by atoms with E-state index in [9.17, 15) is 0 Å². The second-order valence-corrected chi connectivity index (χ2v) is 5.64. The fourth-order valence-electron chi connectivity index (χ4n) is 2.16. The molecule has 0 fully saturated rings. The number of aliphatic imine (C=N–C) groups is 1. The van der Waals surface area contributed by atoms with Gasteiger partial charge in [-0.25, -0.2) is 4.99 Å². The molecule has 1 aromatic rings. The Morgan fingerprint density at radius 3 is 2.71 bits per heavy atom. The van der Waals surface area contributed by atoms with Crippen molar-refractivity contribution in [2.24, 2.45) is 10.7 Å². The lowest BCUT2D eigenvalue weighted by molar-refractivity contribution is 0.146. The van der Waals surface area contributed by atoms with Crippen LogP contribution < -0.4 is 15.8 Å². The Bertz CT molecular complexity index is 481. The van der Waals surface area contributed by atoms with E-state index in [0.29, 0.717) is 25.7 Å². The molecule has 6 heteroatoms. The largest absolute Gasteiger partial charge is 0.491 e. The van der Waals surface area contributed by atoms with Gasteiger partial charge in [0.25, 0.3) is 0 Å². The first-order valence-electron chi connectivity index (χ1n) is 8.42. The number of rotatable bonds is 11. The van der Waals surface area contributed by atoms with Gasteiger partial charge in [0.1, 0.15) is 12.4 Å². The molecule has 0 aliphatic carbocycles. The van der Waals surface area contributed by atoms with E-state index >= 15 is 0 Å². The van der Waals surface area contributed by atoms with Gasteiger partial charge in [0.15, 0.2) is 5.96 Å². The Morgan fingerprint density at radius 2 is 2.00 bits per heavy atom. The minimum Gasteiger partial charge on any atom is -0.491 e. The van der Waals surface area contributed by atoms with Gasteiger partial charge in [0, 0.05) is 19.2 Å². The van der Waals surface area contributed by atoms with Crippen molar-refractivity contribution in [3.05, 3.63) is 29.3 Å². The average molecular weight is 449 g/mol. The number of halogens is 1. The molecule has 138 valence electrons. The summed E-state index contributed by atoms with van der Waals surface area (Å²) >= 11 is 0. The third-order valence-electron chi connectivity index (χ3n) is 3.52. The van der Waals surface area contributed by atoms with E-state index in [-0.39, 0.29) is 24.0 Å². The lowest BCUT2D eigenvalue weighted by Gasteiger charge is -2.11. The predicted molar refractivity (Wildman–Crippen MR) is 111 cm³/mol. The molecule has 5 nitrogen and oxygen atoms in total. The highest BCUT2D eigenvalue weighted by Gasteiger charge is 2.04. The maximum absolute atomic E-state index is 5.92. The third kappa shape index (κ3) is 9.97. The van der Waals surface area contributed by atoms with Crippen molar-refractivity contribution in [3.8, 4) is 5.75 Å². The van der Waals surface area contributed by atoms with E-state index < -0.39 is 0 Å². The van der Waals surface area contributed by atoms with Crippen LogP contribution in [-0.4, -0.2) is 32.8 Å². The number of benzene rings is 1. The first kappa shape index (κ1) is 23.0. The van der Waals surface area contributed by atoms with Gasteiger partial charge >= 0.3 is 0 Å². The Hall–Kier alpha value is -1.02. The lowest BCUT2D eigenvalue weighted by atomic mass is 10.1. The molecule has 0 unspecified atom stereocenters. The van der Waals surface area contributed by atoms with Gasteiger partial charge in [-0.05, 0) is 25.0 Å². The lowest BCUT2D eigenvalue weighted by Crippen LogP contribution is -2.32. The number of nitrogens with two attached hydrogens (primary N) is 1. The van der Waals surface area contributed by atoms with Gasteiger partial charge in [-0.2, -0.15) is 0 Å². The van der Waals surface area contributed by atoms with E-state index in [1.54, 1.807) is 7.11 Å². The van der Waals surface area contributed by atoms with Crippen molar-refractivity contribution >= 4 is 29.9 Å². The Labute approximate surface area is 163 Å². The van der Waals surface area contributed by atoms with Crippen LogP contribution in [0.15, 0.2) is 23.2 Å². The molecule has 0 aliphatic rings. The van der Waals surface area contributed by atoms with Crippen LogP contribution in [0.5, 0.6) is 5.75 Å². The summed E-state index contributed by atoms with van der Waals surface area (Å²) in [6.07, 6.45) is 4.86. The van der Waals surface area contributed by atoms with E-state index in [1.807, 2.05) is 19.1 Å². The van der Waals surface area contributed by atoms with Gasteiger partial charge < -0.3 is 20.5 Å². The van der Waals surface area contributed by atoms with Crippen LogP contribution in [0.1, 0.15) is 43.7 Å². The minimum atomic E-state index is 0. The minimum absolute atomic E-state index is 0. The Kier molecular flexibility index (Phi) is 13.7. The molecule has 0 saturated heterocycles. The Morgan fingerprint density at radius 1 is 1.21 bits per heavy atom. The van der Waals surface area contributed by atoms with Crippen molar-refractivity contribution in [2.45, 2.75) is 46.1 Å². The first-order valence-corrected chi connectivity index (χ1v) is 8.42. The van der Waals surface area contributed by atoms with Crippen molar-refractivity contribution in [1.82, 2.24) is 5.32 Å². The number of methoxy groups -OCH3 is 1. The molecule has 0 bridgehead atoms. The third-order valence-corrected chi connectivity index (χ3v) is 3.52. The van der Waals surface area contributed by atoms with E-state index in [0.717, 1.165) is 29.8 Å². The zero-order chi connectivity index (χ0) is 16.9. The number of nitrogens with zero attached hydrogens (tertiary/aromatic N) is 1. The van der Waals surface area contributed by atoms with Crippen LogP contribution >= 0.6 is 24.0 Å². The molecule has 0 saturated carbocycles. The van der Waals surface area contributed by atoms with Gasteiger partial charge in [-0.3, -0.25) is 0 Å². The van der Waals surface area contributed by atoms with Crippen molar-refractivity contribution < 1.29 is 9.47 Å². The second-order valence-electron chi connectivity index (χ2n) is 5.64. The summed E-state index contributed by atoms with van der Waals surface area (Å²) in [5.41, 5.74) is 8.11. The quantitative estimate of drug-likeness (QED) is 0.234. The number of nitrogens with one attached hydrogen (secondary N) is 1. The Balaban J connectivity index is 0.00000529. The maximum atomic E-state index is 5.92. The molecule has 24 heavy (non-hydrogen) atoms. The zero-order valence-corrected chi connectivity index (χ0v) is 17.5. The standard InChI is InChI=1S/C18H31N3O2.HI/c1-4-5-6-7-10-20-18(19)21-14-16-9-8-15(2)13-17(16)23-12-11-22-3;/h8-9,13H,4-7,10-12,14H2,1-3H3,(H3,19,20,21);1H. The normalized spacial score (nSPS) is 11.0. The summed E-state index contributed by atoms with van der Waals surface area (Å²) in [6.45, 7) is 6.73. The molecular formula is C18H32IN3O2. The monoisotopic (exact) mass is 449 g/mol. The highest BCUT2D eigenvalue weighted by atomic mass is 127. The number of hydrogen-bond donors (Lipinski definition) is 2. The molecule has 1 aromatic carbocycles. The van der Waals surface area contributed by atoms with Crippen LogP contribution in [0.4, 0.5) is 0 Å². The SMILES string of the molecule is CCCCCCNC(N)=NCc1ccc(C)cc1OCCOC.I. The predicted octanol–water partition coefficient (Wildman–Crippen LogP) is 3.62. The smallest absolute Gasteiger partial charge is 0.188 e. The zero-order valence-electron chi connectivity index (χ0n) is 15.1. The van der Waals surface area contributed by atoms with Crippen LogP contribution in [0.3, 0.4) is 0 Å². The summed E-state index contributed by atoms with van der Waals surface area (Å²) in [6, 6.07) is 6.12. The summed E-state index contributed by atoms with van der Waals surface area (Å²) < 4.78 is 10.8. The van der Waals surface area contributed by atoms with E-state index in [1.165, 1.54) is 19.3 Å². The van der Waals surface area contributed by atoms with Crippen molar-refractivity contribution in [1.29, 1.82) is 0 Å². The number of unbranched alkanes of at least 4 members (excludes halogenated alkanes) is 3. The van der Waals surface area contributed by atoms with Crippen LogP contribution in [0.2, 0.25) is 0 Å². The summed E-state index contributed by atoms with van der Waals surface area (Å²) in [7, 11) is 1.66. The highest BCUT2D eigenvalue weighted by molar-refractivity contribution is 14.0. The molecule has 3 N–H and O–H groups in total. The van der Waals surface area contributed by atoms with Crippen LogP contribution in [-0.2, 0) is 11.3 Å². The van der Waals surface area contributed by atoms with Gasteiger partial charge in [-0.15, -0.1) is 24.0 Å². The summed E-state index contributed by atoms with van der Waals surface area (Å²) in [5, 5.41) is 3.16. The summed E-state index contributed by atoms with van der Waals surface area (Å²) in [4.78, 5) is 4.40. The molecule has 0 amide bonds. The number of ether oxygens (including phenoxy) is 2. The fraction of sp³-hybridized carbons (Fsp3) is 0.611. The molecule has 0 heterocycles. The van der Waals surface area contributed by atoms with Crippen molar-refractivity contribution in [2.75, 3.05) is 26.9 Å². The fourth-order valence-corrected chi connectivity index (χ4v) is 2.16. The van der Waals surface area contributed by atoms with Crippen LogP contribution in [0, 0.1) is 6.92 Å². The van der Waals surface area contributed by atoms with E-state index in [2.05, 4.69) is 23.3 Å². The average Bonchev–Trinajstić information content (AvgIpc) is 2.54. The molecule has 0 atom stereocenters. The molecule has 0 aliphatic heterocycles. The van der Waals surface area contributed by atoms with Crippen molar-refractivity contribution in [3.63, 3.8) is 0 Å². The maximum Gasteiger partial charge on any atom is 0.188 e. The van der Waals surface area contributed by atoms with E-state index in [4.69, 9.17) is 15.2 Å². The van der Waals surface area contributed by atoms with Gasteiger partial charge in [0.05, 0.1) is 13.2 Å². The molecule has 0 spiro atoms. The topological polar surface area (TPSA) is 68.9 Å². The first-order chi connectivity index (χ1) is 11.2. The molecule has 1 rings (SSSR count). The molecular weight excluding hydrogens is 417 g/mol. The second kappa shape index (κ2) is 14.3. The number of aryl methyl sites for hydroxylation is 1. The summed E-state index contributed by atoms with van der Waals surface area (Å²) in [5.74, 6) is 1.34. The van der Waals surface area contributed by atoms with Crippen LogP contribution in [0.25, 0.3) is 0 Å².